The average Bonchev–Trinajstić information content (AvgIpc) is 2.41. The van der Waals surface area contributed by atoms with Crippen LogP contribution in [0.15, 0.2) is 0 Å². The van der Waals surface area contributed by atoms with Gasteiger partial charge >= 0.3 is 5.97 Å². The molecule has 2 atom stereocenters. The van der Waals surface area contributed by atoms with Crippen LogP contribution in [-0.4, -0.2) is 29.2 Å². The van der Waals surface area contributed by atoms with Crippen LogP contribution in [0.5, 0.6) is 0 Å². The summed E-state index contributed by atoms with van der Waals surface area (Å²) in [6, 6.07) is 0. The van der Waals surface area contributed by atoms with E-state index in [4.69, 9.17) is 16.3 Å². The Balaban J connectivity index is 3.47. The van der Waals surface area contributed by atoms with E-state index in [9.17, 15) is 9.90 Å². The van der Waals surface area contributed by atoms with Gasteiger partial charge in [0.25, 0.3) is 0 Å². The van der Waals surface area contributed by atoms with Crippen LogP contribution in [0.1, 0.15) is 71.6 Å². The summed E-state index contributed by atoms with van der Waals surface area (Å²) in [7, 11) is 0. The lowest BCUT2D eigenvalue weighted by molar-refractivity contribution is -0.153. The van der Waals surface area contributed by atoms with Crippen molar-refractivity contribution in [3.8, 4) is 0 Å². The fourth-order valence-corrected chi connectivity index (χ4v) is 2.26. The van der Waals surface area contributed by atoms with Gasteiger partial charge in [-0.1, -0.05) is 58.3 Å². The highest BCUT2D eigenvalue weighted by Crippen LogP contribution is 2.16. The van der Waals surface area contributed by atoms with Gasteiger partial charge in [-0.3, -0.25) is 0 Å². The molecule has 0 aromatic heterocycles. The average molecular weight is 293 g/mol. The molecule has 0 rings (SSSR count). The quantitative estimate of drug-likeness (QED) is 0.335. The molecule has 4 heteroatoms. The molecule has 0 saturated heterocycles. The van der Waals surface area contributed by atoms with Gasteiger partial charge in [0.1, 0.15) is 0 Å². The van der Waals surface area contributed by atoms with Crippen molar-refractivity contribution in [2.45, 2.75) is 83.1 Å². The molecule has 0 aromatic carbocycles. The first-order valence-electron chi connectivity index (χ1n) is 7.62. The van der Waals surface area contributed by atoms with Gasteiger partial charge < -0.3 is 9.84 Å². The number of hydrogen-bond acceptors (Lipinski definition) is 3. The monoisotopic (exact) mass is 292 g/mol. The van der Waals surface area contributed by atoms with Gasteiger partial charge in [-0.25, -0.2) is 4.79 Å². The normalized spacial score (nSPS) is 14.1. The Morgan fingerprint density at radius 3 is 2.11 bits per heavy atom. The molecule has 0 fully saturated rings. The van der Waals surface area contributed by atoms with Crippen LogP contribution in [0, 0.1) is 0 Å². The number of rotatable bonds is 12. The number of aliphatic hydroxyl groups is 1. The topological polar surface area (TPSA) is 46.5 Å². The molecular formula is C15H29ClO3. The van der Waals surface area contributed by atoms with Crippen molar-refractivity contribution in [2.24, 2.45) is 0 Å². The SMILES string of the molecule is CCCCCCCCCC[C@H](Cl)[C@@H](O)C(=O)OCC. The molecule has 0 bridgehead atoms. The summed E-state index contributed by atoms with van der Waals surface area (Å²) in [5.74, 6) is -0.609. The van der Waals surface area contributed by atoms with E-state index in [1.807, 2.05) is 0 Å². The van der Waals surface area contributed by atoms with Crippen LogP contribution < -0.4 is 0 Å². The maximum absolute atomic E-state index is 11.3. The number of ether oxygens (including phenoxy) is 1. The lowest BCUT2D eigenvalue weighted by Crippen LogP contribution is -2.32. The summed E-state index contributed by atoms with van der Waals surface area (Å²) in [6.45, 7) is 4.21. The van der Waals surface area contributed by atoms with E-state index in [0.29, 0.717) is 6.42 Å². The number of halogens is 1. The number of aliphatic hydroxyl groups excluding tert-OH is 1. The number of carbonyl (C=O) groups excluding carboxylic acids is 1. The lowest BCUT2D eigenvalue weighted by Gasteiger charge is -2.15. The minimum absolute atomic E-state index is 0.275. The zero-order valence-electron chi connectivity index (χ0n) is 12.4. The van der Waals surface area contributed by atoms with Crippen molar-refractivity contribution in [1.29, 1.82) is 0 Å². The second-order valence-electron chi connectivity index (χ2n) is 4.98. The Kier molecular flexibility index (Phi) is 12.6. The second-order valence-corrected chi connectivity index (χ2v) is 5.54. The summed E-state index contributed by atoms with van der Waals surface area (Å²) in [6.07, 6.45) is 9.27. The highest BCUT2D eigenvalue weighted by atomic mass is 35.5. The molecule has 0 amide bonds. The smallest absolute Gasteiger partial charge is 0.336 e. The minimum atomic E-state index is -1.19. The summed E-state index contributed by atoms with van der Waals surface area (Å²) in [4.78, 5) is 11.3. The van der Waals surface area contributed by atoms with Crippen LogP contribution >= 0.6 is 11.6 Å². The van der Waals surface area contributed by atoms with E-state index in [-0.39, 0.29) is 6.61 Å². The van der Waals surface area contributed by atoms with Gasteiger partial charge in [0.05, 0.1) is 12.0 Å². The van der Waals surface area contributed by atoms with Gasteiger partial charge in [0.2, 0.25) is 0 Å². The molecule has 0 aliphatic carbocycles. The Labute approximate surface area is 122 Å². The summed E-state index contributed by atoms with van der Waals surface area (Å²) in [5, 5.41) is 9.08. The molecule has 0 aliphatic heterocycles. The third-order valence-corrected chi connectivity index (χ3v) is 3.66. The van der Waals surface area contributed by atoms with Gasteiger partial charge in [0.15, 0.2) is 6.10 Å². The molecule has 114 valence electrons. The highest BCUT2D eigenvalue weighted by Gasteiger charge is 2.24. The van der Waals surface area contributed by atoms with Gasteiger partial charge in [-0.15, -0.1) is 11.6 Å². The zero-order valence-corrected chi connectivity index (χ0v) is 13.1. The minimum Gasteiger partial charge on any atom is -0.464 e. The Morgan fingerprint density at radius 2 is 1.58 bits per heavy atom. The predicted molar refractivity (Wildman–Crippen MR) is 79.5 cm³/mol. The molecule has 0 radical (unpaired) electrons. The van der Waals surface area contributed by atoms with Crippen molar-refractivity contribution in [1.82, 2.24) is 0 Å². The summed E-state index contributed by atoms with van der Waals surface area (Å²) in [5.41, 5.74) is 0. The number of hydrogen-bond donors (Lipinski definition) is 1. The van der Waals surface area contributed by atoms with E-state index in [1.165, 1.54) is 38.5 Å². The van der Waals surface area contributed by atoms with Crippen molar-refractivity contribution < 1.29 is 14.6 Å². The van der Waals surface area contributed by atoms with Crippen LogP contribution in [0.4, 0.5) is 0 Å². The van der Waals surface area contributed by atoms with Crippen molar-refractivity contribution in [3.05, 3.63) is 0 Å². The lowest BCUT2D eigenvalue weighted by atomic mass is 10.0. The fourth-order valence-electron chi connectivity index (χ4n) is 2.01. The van der Waals surface area contributed by atoms with Crippen molar-refractivity contribution >= 4 is 17.6 Å². The molecule has 0 spiro atoms. The van der Waals surface area contributed by atoms with Gasteiger partial charge in [-0.2, -0.15) is 0 Å². The number of unbranched alkanes of at least 4 members (excludes halogenated alkanes) is 7. The zero-order chi connectivity index (χ0) is 14.5. The molecule has 3 nitrogen and oxygen atoms in total. The molecule has 0 aromatic rings. The van der Waals surface area contributed by atoms with E-state index in [1.54, 1.807) is 6.92 Å². The molecule has 0 saturated carbocycles. The molecular weight excluding hydrogens is 264 g/mol. The Morgan fingerprint density at radius 1 is 1.05 bits per heavy atom. The Bertz CT molecular complexity index is 221. The van der Waals surface area contributed by atoms with Gasteiger partial charge in [-0.05, 0) is 13.3 Å². The third kappa shape index (κ3) is 10.2. The first-order chi connectivity index (χ1) is 9.13. The van der Waals surface area contributed by atoms with Crippen LogP contribution in [0.3, 0.4) is 0 Å². The highest BCUT2D eigenvalue weighted by molar-refractivity contribution is 6.22. The van der Waals surface area contributed by atoms with E-state index in [2.05, 4.69) is 6.92 Å². The first kappa shape index (κ1) is 18.7. The maximum Gasteiger partial charge on any atom is 0.336 e. The second kappa shape index (κ2) is 12.7. The van der Waals surface area contributed by atoms with Gasteiger partial charge in [0, 0.05) is 0 Å². The number of esters is 1. The third-order valence-electron chi connectivity index (χ3n) is 3.20. The van der Waals surface area contributed by atoms with Crippen molar-refractivity contribution in [2.75, 3.05) is 6.61 Å². The number of alkyl halides is 1. The van der Waals surface area contributed by atoms with E-state index in [0.717, 1.165) is 12.8 Å². The molecule has 0 unspecified atom stereocenters. The predicted octanol–water partition coefficient (Wildman–Crippen LogP) is 4.05. The maximum atomic E-state index is 11.3. The van der Waals surface area contributed by atoms with Crippen molar-refractivity contribution in [3.63, 3.8) is 0 Å². The fraction of sp³-hybridized carbons (Fsp3) is 0.933. The number of carbonyl (C=O) groups is 1. The van der Waals surface area contributed by atoms with E-state index < -0.39 is 17.5 Å². The van der Waals surface area contributed by atoms with Crippen LogP contribution in [0.2, 0.25) is 0 Å². The first-order valence-corrected chi connectivity index (χ1v) is 8.05. The summed E-state index contributed by atoms with van der Waals surface area (Å²) >= 11 is 5.99. The largest absolute Gasteiger partial charge is 0.464 e. The molecule has 0 heterocycles. The standard InChI is InChI=1S/C15H29ClO3/c1-3-5-6-7-8-9-10-11-12-13(16)14(17)15(18)19-4-2/h13-14,17H,3-12H2,1-2H3/t13-,14+/m0/s1. The van der Waals surface area contributed by atoms with Crippen LogP contribution in [-0.2, 0) is 9.53 Å². The molecule has 19 heavy (non-hydrogen) atoms. The summed E-state index contributed by atoms with van der Waals surface area (Å²) < 4.78 is 4.73. The molecule has 1 N–H and O–H groups in total. The Hall–Kier alpha value is -0.280. The van der Waals surface area contributed by atoms with Crippen LogP contribution in [0.25, 0.3) is 0 Å². The molecule has 0 aliphatic rings. The van der Waals surface area contributed by atoms with E-state index >= 15 is 0 Å².